The standard InChI is InChI=1S/C59H106O6/c1-4-7-10-13-16-19-22-25-27-29-30-31-33-34-37-40-43-46-49-52-58(61)64-55-56(54-63-57(60)51-48-45-42-39-36-24-21-18-15-12-9-6-3)65-59(62)53-50-47-44-41-38-35-32-28-26-23-20-17-14-11-8-5-2/h16,19,25,27-28,30-32,56H,4-15,17-18,20-24,26,29,33-55H2,1-3H3/b19-16-,27-25-,31-30-,32-28-/t56-/m1/s1. The van der Waals surface area contributed by atoms with Gasteiger partial charge in [0, 0.05) is 19.3 Å². The largest absolute Gasteiger partial charge is 0.462 e. The molecule has 0 rings (SSSR count). The highest BCUT2D eigenvalue weighted by Gasteiger charge is 2.19. The van der Waals surface area contributed by atoms with Gasteiger partial charge in [-0.3, -0.25) is 14.4 Å². The minimum atomic E-state index is -0.780. The van der Waals surface area contributed by atoms with Gasteiger partial charge in [-0.15, -0.1) is 0 Å². The summed E-state index contributed by atoms with van der Waals surface area (Å²) in [5, 5.41) is 0. The molecule has 65 heavy (non-hydrogen) atoms. The molecule has 0 aliphatic heterocycles. The van der Waals surface area contributed by atoms with Gasteiger partial charge in [0.2, 0.25) is 0 Å². The average Bonchev–Trinajstić information content (AvgIpc) is 3.30. The van der Waals surface area contributed by atoms with Crippen molar-refractivity contribution in [1.82, 2.24) is 0 Å². The Morgan fingerprint density at radius 2 is 0.554 bits per heavy atom. The summed E-state index contributed by atoms with van der Waals surface area (Å²) in [5.41, 5.74) is 0. The Morgan fingerprint density at radius 3 is 0.908 bits per heavy atom. The molecule has 0 saturated heterocycles. The summed E-state index contributed by atoms with van der Waals surface area (Å²) >= 11 is 0. The molecule has 0 aromatic rings. The predicted octanol–water partition coefficient (Wildman–Crippen LogP) is 18.7. The molecule has 0 heterocycles. The maximum absolute atomic E-state index is 12.8. The zero-order valence-corrected chi connectivity index (χ0v) is 43.3. The van der Waals surface area contributed by atoms with Crippen LogP contribution in [-0.2, 0) is 28.6 Å². The van der Waals surface area contributed by atoms with Gasteiger partial charge in [-0.2, -0.15) is 0 Å². The third-order valence-electron chi connectivity index (χ3n) is 12.3. The molecule has 0 amide bonds. The van der Waals surface area contributed by atoms with Gasteiger partial charge in [0.15, 0.2) is 6.10 Å². The Kier molecular flexibility index (Phi) is 51.8. The van der Waals surface area contributed by atoms with Crippen molar-refractivity contribution in [3.63, 3.8) is 0 Å². The maximum Gasteiger partial charge on any atom is 0.306 e. The molecule has 0 aromatic carbocycles. The van der Waals surface area contributed by atoms with Crippen molar-refractivity contribution >= 4 is 17.9 Å². The molecule has 0 radical (unpaired) electrons. The van der Waals surface area contributed by atoms with Crippen molar-refractivity contribution in [2.24, 2.45) is 0 Å². The first-order chi connectivity index (χ1) is 32.0. The highest BCUT2D eigenvalue weighted by atomic mass is 16.6. The van der Waals surface area contributed by atoms with Gasteiger partial charge in [0.1, 0.15) is 13.2 Å². The van der Waals surface area contributed by atoms with Gasteiger partial charge in [-0.05, 0) is 83.5 Å². The number of carbonyl (C=O) groups is 3. The van der Waals surface area contributed by atoms with Crippen LogP contribution in [0.2, 0.25) is 0 Å². The molecular weight excluding hydrogens is 805 g/mol. The molecule has 0 spiro atoms. The summed E-state index contributed by atoms with van der Waals surface area (Å²) in [7, 11) is 0. The van der Waals surface area contributed by atoms with Gasteiger partial charge < -0.3 is 14.2 Å². The molecule has 6 nitrogen and oxygen atoms in total. The first-order valence-corrected chi connectivity index (χ1v) is 28.1. The fraction of sp³-hybridized carbons (Fsp3) is 0.814. The Labute approximate surface area is 403 Å². The molecule has 0 unspecified atom stereocenters. The first kappa shape index (κ1) is 62.4. The first-order valence-electron chi connectivity index (χ1n) is 28.1. The van der Waals surface area contributed by atoms with E-state index in [1.54, 1.807) is 0 Å². The van der Waals surface area contributed by atoms with Crippen molar-refractivity contribution < 1.29 is 28.6 Å². The fourth-order valence-corrected chi connectivity index (χ4v) is 8.03. The highest BCUT2D eigenvalue weighted by Crippen LogP contribution is 2.15. The summed E-state index contributed by atoms with van der Waals surface area (Å²) in [6.07, 6.45) is 65.2. The van der Waals surface area contributed by atoms with Crippen LogP contribution in [-0.4, -0.2) is 37.2 Å². The number of unbranched alkanes of at least 4 members (excludes halogenated alkanes) is 32. The van der Waals surface area contributed by atoms with E-state index in [2.05, 4.69) is 69.4 Å². The summed E-state index contributed by atoms with van der Waals surface area (Å²) < 4.78 is 16.8. The van der Waals surface area contributed by atoms with E-state index in [1.165, 1.54) is 167 Å². The molecule has 0 aliphatic carbocycles. The summed E-state index contributed by atoms with van der Waals surface area (Å²) in [6, 6.07) is 0. The second-order valence-corrected chi connectivity index (χ2v) is 18.8. The zero-order chi connectivity index (χ0) is 47.2. The van der Waals surface area contributed by atoms with E-state index >= 15 is 0 Å². The molecule has 0 aliphatic rings. The van der Waals surface area contributed by atoms with E-state index in [1.807, 2.05) is 0 Å². The van der Waals surface area contributed by atoms with E-state index < -0.39 is 6.10 Å². The Hall–Kier alpha value is -2.63. The number of allylic oxidation sites excluding steroid dienone is 8. The van der Waals surface area contributed by atoms with Crippen LogP contribution < -0.4 is 0 Å². The quantitative estimate of drug-likeness (QED) is 0.0262. The Morgan fingerprint density at radius 1 is 0.308 bits per heavy atom. The summed E-state index contributed by atoms with van der Waals surface area (Å²) in [6.45, 7) is 6.61. The fourth-order valence-electron chi connectivity index (χ4n) is 8.03. The minimum Gasteiger partial charge on any atom is -0.462 e. The lowest BCUT2D eigenvalue weighted by molar-refractivity contribution is -0.167. The topological polar surface area (TPSA) is 78.9 Å². The van der Waals surface area contributed by atoms with Crippen LogP contribution in [0.15, 0.2) is 48.6 Å². The smallest absolute Gasteiger partial charge is 0.306 e. The molecule has 378 valence electrons. The highest BCUT2D eigenvalue weighted by molar-refractivity contribution is 5.71. The molecule has 0 aromatic heterocycles. The third-order valence-corrected chi connectivity index (χ3v) is 12.3. The summed E-state index contributed by atoms with van der Waals surface area (Å²) in [4.78, 5) is 38.1. The van der Waals surface area contributed by atoms with Crippen LogP contribution in [0.25, 0.3) is 0 Å². The molecule has 0 saturated carbocycles. The van der Waals surface area contributed by atoms with E-state index in [4.69, 9.17) is 14.2 Å². The lowest BCUT2D eigenvalue weighted by atomic mass is 10.0. The van der Waals surface area contributed by atoms with Crippen LogP contribution in [0, 0.1) is 0 Å². The van der Waals surface area contributed by atoms with Gasteiger partial charge in [-0.25, -0.2) is 0 Å². The predicted molar refractivity (Wildman–Crippen MR) is 279 cm³/mol. The lowest BCUT2D eigenvalue weighted by Crippen LogP contribution is -2.30. The second-order valence-electron chi connectivity index (χ2n) is 18.8. The minimum absolute atomic E-state index is 0.0780. The maximum atomic E-state index is 12.8. The number of esters is 3. The zero-order valence-electron chi connectivity index (χ0n) is 43.3. The van der Waals surface area contributed by atoms with Crippen LogP contribution in [0.3, 0.4) is 0 Å². The molecular formula is C59H106O6. The van der Waals surface area contributed by atoms with Crippen molar-refractivity contribution in [2.75, 3.05) is 13.2 Å². The SMILES string of the molecule is CCCCC/C=C\C/C=C\C/C=C\CCCCCCCCC(=O)OC[C@@H](COC(=O)CCCCCCCCCCCCCC)OC(=O)CCCCCCC/C=C\CCCCCCCCC. The Balaban J connectivity index is 4.37. The van der Waals surface area contributed by atoms with Gasteiger partial charge in [-0.1, -0.05) is 236 Å². The van der Waals surface area contributed by atoms with E-state index in [0.29, 0.717) is 19.3 Å². The molecule has 6 heteroatoms. The lowest BCUT2D eigenvalue weighted by Gasteiger charge is -2.18. The van der Waals surface area contributed by atoms with Crippen LogP contribution >= 0.6 is 0 Å². The number of hydrogen-bond acceptors (Lipinski definition) is 6. The number of ether oxygens (including phenoxy) is 3. The van der Waals surface area contributed by atoms with Gasteiger partial charge in [0.25, 0.3) is 0 Å². The normalized spacial score (nSPS) is 12.4. The number of hydrogen-bond donors (Lipinski definition) is 0. The third kappa shape index (κ3) is 52.2. The van der Waals surface area contributed by atoms with E-state index in [-0.39, 0.29) is 31.1 Å². The average molecular weight is 911 g/mol. The molecule has 0 fully saturated rings. The van der Waals surface area contributed by atoms with Gasteiger partial charge in [0.05, 0.1) is 0 Å². The van der Waals surface area contributed by atoms with Crippen molar-refractivity contribution in [3.8, 4) is 0 Å². The summed E-state index contributed by atoms with van der Waals surface area (Å²) in [5.74, 6) is -0.888. The van der Waals surface area contributed by atoms with Crippen molar-refractivity contribution in [1.29, 1.82) is 0 Å². The Bertz CT molecular complexity index is 1140. The number of rotatable bonds is 51. The van der Waals surface area contributed by atoms with Crippen LogP contribution in [0.4, 0.5) is 0 Å². The van der Waals surface area contributed by atoms with Crippen molar-refractivity contribution in [2.45, 2.75) is 297 Å². The molecule has 1 atom stereocenters. The van der Waals surface area contributed by atoms with Crippen LogP contribution in [0.1, 0.15) is 290 Å². The second kappa shape index (κ2) is 54.0. The molecule has 0 bridgehead atoms. The monoisotopic (exact) mass is 911 g/mol. The molecule has 0 N–H and O–H groups in total. The number of carbonyl (C=O) groups excluding carboxylic acids is 3. The van der Waals surface area contributed by atoms with E-state index in [9.17, 15) is 14.4 Å². The van der Waals surface area contributed by atoms with Crippen molar-refractivity contribution in [3.05, 3.63) is 48.6 Å². The van der Waals surface area contributed by atoms with Crippen LogP contribution in [0.5, 0.6) is 0 Å². The van der Waals surface area contributed by atoms with Gasteiger partial charge >= 0.3 is 17.9 Å². The van der Waals surface area contributed by atoms with E-state index in [0.717, 1.165) is 83.5 Å².